The fourth-order valence-corrected chi connectivity index (χ4v) is 5.50. The van der Waals surface area contributed by atoms with Crippen LogP contribution < -0.4 is 20.9 Å². The average Bonchev–Trinajstić information content (AvgIpc) is 3.04. The molecule has 234 valence electrons. The van der Waals surface area contributed by atoms with Gasteiger partial charge in [0.2, 0.25) is 0 Å². The van der Waals surface area contributed by atoms with Crippen molar-refractivity contribution >= 4 is 29.5 Å². The van der Waals surface area contributed by atoms with Crippen molar-refractivity contribution in [1.29, 1.82) is 0 Å². The number of carbonyl (C=O) groups excluding carboxylic acids is 1. The Morgan fingerprint density at radius 2 is 1.98 bits per heavy atom. The number of nitrogens with one attached hydrogen (secondary N) is 3. The van der Waals surface area contributed by atoms with Crippen LogP contribution in [0.1, 0.15) is 53.4 Å². The molecule has 13 heteroatoms. The molecule has 0 aliphatic carbocycles. The molecule has 0 bridgehead atoms. The number of amides is 1. The van der Waals surface area contributed by atoms with Gasteiger partial charge in [-0.05, 0) is 62.8 Å². The van der Waals surface area contributed by atoms with E-state index >= 15 is 0 Å². The lowest BCUT2D eigenvalue weighted by Crippen LogP contribution is -2.46. The highest BCUT2D eigenvalue weighted by Crippen LogP contribution is 2.33. The quantitative estimate of drug-likeness (QED) is 0.223. The van der Waals surface area contributed by atoms with E-state index in [2.05, 4.69) is 43.0 Å². The predicted octanol–water partition coefficient (Wildman–Crippen LogP) is 3.43. The molecule has 0 saturated carbocycles. The van der Waals surface area contributed by atoms with Gasteiger partial charge < -0.3 is 35.4 Å². The maximum absolute atomic E-state index is 12.3. The number of aliphatic carboxylic acids is 1. The summed E-state index contributed by atoms with van der Waals surface area (Å²) in [5.41, 5.74) is 4.16. The molecular formula is C31H40N8O5. The molecule has 13 nitrogen and oxygen atoms in total. The zero-order chi connectivity index (χ0) is 30.9. The van der Waals surface area contributed by atoms with Crippen molar-refractivity contribution in [2.45, 2.75) is 58.1 Å². The molecule has 4 N–H and O–H groups in total. The second kappa shape index (κ2) is 14.8. The van der Waals surface area contributed by atoms with E-state index in [-0.39, 0.29) is 19.8 Å². The number of ether oxygens (including phenoxy) is 2. The first-order valence-corrected chi connectivity index (χ1v) is 15.1. The van der Waals surface area contributed by atoms with Gasteiger partial charge in [0.25, 0.3) is 0 Å². The number of piperidine rings is 1. The number of carbonyl (C=O) groups is 2. The van der Waals surface area contributed by atoms with E-state index < -0.39 is 18.1 Å². The average molecular weight is 605 g/mol. The van der Waals surface area contributed by atoms with Crippen LogP contribution in [0.15, 0.2) is 36.7 Å². The molecule has 1 saturated heterocycles. The Balaban J connectivity index is 1.11. The number of aromatic nitrogens is 4. The molecule has 5 rings (SSSR count). The molecule has 3 aromatic heterocycles. The zero-order valence-corrected chi connectivity index (χ0v) is 25.2. The summed E-state index contributed by atoms with van der Waals surface area (Å²) in [5, 5.41) is 18.6. The topological polar surface area (TPSA) is 164 Å². The lowest BCUT2D eigenvalue weighted by atomic mass is 9.92. The van der Waals surface area contributed by atoms with Gasteiger partial charge in [-0.3, -0.25) is 4.98 Å². The van der Waals surface area contributed by atoms with Crippen molar-refractivity contribution in [3.8, 4) is 0 Å². The molecule has 0 aromatic carbocycles. The van der Waals surface area contributed by atoms with Crippen molar-refractivity contribution in [3.63, 3.8) is 0 Å². The van der Waals surface area contributed by atoms with E-state index in [4.69, 9.17) is 19.4 Å². The molecule has 1 amide bonds. The number of alkyl carbamates (subject to hydrolysis) is 1. The second-order valence-electron chi connectivity index (χ2n) is 11.1. The number of nitrogens with zero attached hydrogens (tertiary/aromatic N) is 5. The van der Waals surface area contributed by atoms with Crippen LogP contribution >= 0.6 is 0 Å². The molecule has 5 heterocycles. The summed E-state index contributed by atoms with van der Waals surface area (Å²) < 4.78 is 10.6. The lowest BCUT2D eigenvalue weighted by molar-refractivity contribution is -0.139. The van der Waals surface area contributed by atoms with Gasteiger partial charge in [-0.15, -0.1) is 0 Å². The first-order valence-electron chi connectivity index (χ1n) is 15.1. The van der Waals surface area contributed by atoms with Crippen LogP contribution in [-0.4, -0.2) is 82.5 Å². The van der Waals surface area contributed by atoms with E-state index in [1.807, 2.05) is 26.0 Å². The van der Waals surface area contributed by atoms with Crippen molar-refractivity contribution in [3.05, 3.63) is 64.9 Å². The smallest absolute Gasteiger partial charge is 0.407 e. The van der Waals surface area contributed by atoms with E-state index in [9.17, 15) is 14.7 Å². The van der Waals surface area contributed by atoms with Crippen molar-refractivity contribution in [2.75, 3.05) is 54.9 Å². The number of aryl methyl sites for hydroxylation is 2. The largest absolute Gasteiger partial charge is 0.480 e. The van der Waals surface area contributed by atoms with Gasteiger partial charge >= 0.3 is 12.1 Å². The first-order chi connectivity index (χ1) is 21.4. The first kappa shape index (κ1) is 30.9. The van der Waals surface area contributed by atoms with Crippen LogP contribution in [-0.2, 0) is 27.3 Å². The van der Waals surface area contributed by atoms with Crippen LogP contribution in [0, 0.1) is 13.8 Å². The van der Waals surface area contributed by atoms with Gasteiger partial charge in [-0.1, -0.05) is 12.1 Å². The Hall–Kier alpha value is -4.52. The van der Waals surface area contributed by atoms with Crippen LogP contribution in [0.5, 0.6) is 0 Å². The van der Waals surface area contributed by atoms with Gasteiger partial charge in [-0.2, -0.15) is 0 Å². The number of carboxylic acids is 1. The third kappa shape index (κ3) is 8.10. The fraction of sp³-hybridized carbons (Fsp3) is 0.484. The highest BCUT2D eigenvalue weighted by molar-refractivity contribution is 5.80. The Morgan fingerprint density at radius 1 is 1.14 bits per heavy atom. The summed E-state index contributed by atoms with van der Waals surface area (Å²) in [4.78, 5) is 44.6. The highest BCUT2D eigenvalue weighted by atomic mass is 16.6. The predicted molar refractivity (Wildman–Crippen MR) is 165 cm³/mol. The molecule has 0 radical (unpaired) electrons. The Kier molecular flexibility index (Phi) is 10.4. The number of fused-ring (bicyclic) bond motifs is 1. The summed E-state index contributed by atoms with van der Waals surface area (Å²) in [6.07, 6.45) is 6.66. The SMILES string of the molecule is Cc1nc(NC[C@H](NC(=O)OCCOCc2cccnc2)C(=O)O)c(C)c(N2CCC(c3ccc4c(n3)NCCC4)CC2)n1. The summed E-state index contributed by atoms with van der Waals surface area (Å²) in [7, 11) is 0. The number of carboxylic acid groups (broad SMARTS) is 1. The Morgan fingerprint density at radius 3 is 2.75 bits per heavy atom. The van der Waals surface area contributed by atoms with E-state index in [0.717, 1.165) is 73.8 Å². The lowest BCUT2D eigenvalue weighted by Gasteiger charge is -2.34. The third-order valence-corrected chi connectivity index (χ3v) is 7.88. The number of rotatable bonds is 12. The van der Waals surface area contributed by atoms with Gasteiger partial charge in [-0.25, -0.2) is 24.5 Å². The molecule has 0 unspecified atom stereocenters. The summed E-state index contributed by atoms with van der Waals surface area (Å²) in [5.74, 6) is 2.15. The molecule has 44 heavy (non-hydrogen) atoms. The third-order valence-electron chi connectivity index (χ3n) is 7.88. The summed E-state index contributed by atoms with van der Waals surface area (Å²) >= 11 is 0. The minimum absolute atomic E-state index is 0.0183. The van der Waals surface area contributed by atoms with Crippen molar-refractivity contribution in [2.24, 2.45) is 0 Å². The number of anilines is 3. The van der Waals surface area contributed by atoms with Gasteiger partial charge in [0.1, 0.15) is 35.9 Å². The summed E-state index contributed by atoms with van der Waals surface area (Å²) in [6, 6.07) is 6.85. The molecule has 1 atom stereocenters. The van der Waals surface area contributed by atoms with E-state index in [1.165, 1.54) is 5.56 Å². The molecular weight excluding hydrogens is 564 g/mol. The van der Waals surface area contributed by atoms with Crippen molar-refractivity contribution in [1.82, 2.24) is 25.3 Å². The molecule has 1 fully saturated rings. The maximum atomic E-state index is 12.3. The van der Waals surface area contributed by atoms with E-state index in [0.29, 0.717) is 24.2 Å². The van der Waals surface area contributed by atoms with Gasteiger partial charge in [0, 0.05) is 55.7 Å². The maximum Gasteiger partial charge on any atom is 0.407 e. The number of pyridine rings is 2. The van der Waals surface area contributed by atoms with E-state index in [1.54, 1.807) is 12.4 Å². The molecule has 3 aromatic rings. The van der Waals surface area contributed by atoms with Crippen LogP contribution in [0.2, 0.25) is 0 Å². The Labute approximate surface area is 256 Å². The van der Waals surface area contributed by atoms with Gasteiger partial charge in [0.15, 0.2) is 0 Å². The fourth-order valence-electron chi connectivity index (χ4n) is 5.50. The standard InChI is InChI=1S/C31H40N8O5/c1-20-27(34-18-26(30(40)41)38-31(42)44-16-15-43-19-22-5-3-11-32-17-22)35-21(2)36-29(20)39-13-9-23(10-14-39)25-8-7-24-6-4-12-33-28(24)37-25/h3,5,7-8,11,17,23,26H,4,6,9-10,12-16,18-19H2,1-2H3,(H,33,37)(H,38,42)(H,40,41)(H,34,35,36)/t26-/m0/s1. The second-order valence-corrected chi connectivity index (χ2v) is 11.1. The minimum atomic E-state index is -1.23. The zero-order valence-electron chi connectivity index (χ0n) is 25.2. The van der Waals surface area contributed by atoms with Crippen molar-refractivity contribution < 1.29 is 24.2 Å². The molecule has 2 aliphatic heterocycles. The summed E-state index contributed by atoms with van der Waals surface area (Å²) in [6.45, 7) is 6.75. The van der Waals surface area contributed by atoms with Crippen LogP contribution in [0.25, 0.3) is 0 Å². The highest BCUT2D eigenvalue weighted by Gasteiger charge is 2.26. The normalized spacial score (nSPS) is 15.5. The van der Waals surface area contributed by atoms with Gasteiger partial charge in [0.05, 0.1) is 13.2 Å². The molecule has 2 aliphatic rings. The van der Waals surface area contributed by atoms with Crippen LogP contribution in [0.3, 0.4) is 0 Å². The van der Waals surface area contributed by atoms with Crippen LogP contribution in [0.4, 0.5) is 22.2 Å². The molecule has 0 spiro atoms. The monoisotopic (exact) mass is 604 g/mol. The number of hydrogen-bond donors (Lipinski definition) is 4. The Bertz CT molecular complexity index is 1430. The minimum Gasteiger partial charge on any atom is -0.480 e. The number of hydrogen-bond acceptors (Lipinski definition) is 11.